The number of amides is 2. The van der Waals surface area contributed by atoms with Gasteiger partial charge in [-0.15, -0.1) is 0 Å². The van der Waals surface area contributed by atoms with E-state index in [0.717, 1.165) is 10.2 Å². The summed E-state index contributed by atoms with van der Waals surface area (Å²) >= 11 is 3.35. The van der Waals surface area contributed by atoms with Crippen LogP contribution < -0.4 is 15.0 Å². The first-order valence-corrected chi connectivity index (χ1v) is 9.42. The lowest BCUT2D eigenvalue weighted by Crippen LogP contribution is -2.28. The van der Waals surface area contributed by atoms with E-state index in [1.54, 1.807) is 41.3 Å². The van der Waals surface area contributed by atoms with Gasteiger partial charge in [-0.05, 0) is 36.4 Å². The van der Waals surface area contributed by atoms with Crippen LogP contribution in [0.1, 0.15) is 6.42 Å². The molecule has 1 N–H and O–H groups in total. The van der Waals surface area contributed by atoms with Crippen LogP contribution >= 0.6 is 15.9 Å². The second kappa shape index (κ2) is 8.88. The molecule has 0 bridgehead atoms. The third kappa shape index (κ3) is 4.69. The van der Waals surface area contributed by atoms with E-state index in [0.29, 0.717) is 11.4 Å². The highest BCUT2D eigenvalue weighted by molar-refractivity contribution is 9.10. The number of ether oxygens (including phenoxy) is 2. The Bertz CT molecular complexity index is 884. The molecule has 0 spiro atoms. The van der Waals surface area contributed by atoms with Crippen LogP contribution in [-0.2, 0) is 19.1 Å². The van der Waals surface area contributed by atoms with Crippen molar-refractivity contribution < 1.29 is 23.9 Å². The predicted octanol–water partition coefficient (Wildman–Crippen LogP) is 2.99. The van der Waals surface area contributed by atoms with Gasteiger partial charge in [0.15, 0.2) is 6.61 Å². The summed E-state index contributed by atoms with van der Waals surface area (Å²) in [6.45, 7) is -0.201. The van der Waals surface area contributed by atoms with E-state index in [4.69, 9.17) is 9.47 Å². The zero-order valence-electron chi connectivity index (χ0n) is 15.2. The smallest absolute Gasteiger partial charge is 0.311 e. The normalized spacial score (nSPS) is 16.0. The van der Waals surface area contributed by atoms with Gasteiger partial charge in [0.1, 0.15) is 5.75 Å². The number of carbonyl (C=O) groups excluding carboxylic acids is 3. The molecule has 2 aromatic rings. The zero-order valence-corrected chi connectivity index (χ0v) is 16.8. The molecule has 1 aliphatic rings. The average Bonchev–Trinajstić information content (AvgIpc) is 3.09. The van der Waals surface area contributed by atoms with E-state index in [1.165, 1.54) is 7.11 Å². The first-order valence-electron chi connectivity index (χ1n) is 8.63. The number of anilines is 2. The minimum Gasteiger partial charge on any atom is -0.495 e. The van der Waals surface area contributed by atoms with Crippen LogP contribution in [0.4, 0.5) is 11.4 Å². The van der Waals surface area contributed by atoms with E-state index < -0.39 is 24.4 Å². The molecule has 146 valence electrons. The second-order valence-corrected chi connectivity index (χ2v) is 7.15. The highest BCUT2D eigenvalue weighted by Crippen LogP contribution is 2.27. The number of para-hydroxylation sites is 2. The van der Waals surface area contributed by atoms with Crippen LogP contribution in [0.15, 0.2) is 53.0 Å². The van der Waals surface area contributed by atoms with Crippen molar-refractivity contribution in [3.63, 3.8) is 0 Å². The standard InChI is InChI=1S/C20H19BrN2O5/c1-27-17-5-3-2-4-16(17)22-18(24)12-28-20(26)13-10-19(25)23(11-13)15-8-6-14(21)7-9-15/h2-9,13H,10-12H2,1H3,(H,22,24)/t13-/m1/s1. The SMILES string of the molecule is COc1ccccc1NC(=O)COC(=O)[C@@H]1CC(=O)N(c2ccc(Br)cc2)C1. The van der Waals surface area contributed by atoms with E-state index >= 15 is 0 Å². The Kier molecular flexibility index (Phi) is 6.30. The summed E-state index contributed by atoms with van der Waals surface area (Å²) in [5.74, 6) is -1.29. The van der Waals surface area contributed by atoms with E-state index in [2.05, 4.69) is 21.2 Å². The lowest BCUT2D eigenvalue weighted by molar-refractivity contribution is -0.151. The lowest BCUT2D eigenvalue weighted by Gasteiger charge is -2.16. The molecule has 1 fully saturated rings. The molecule has 0 aliphatic carbocycles. The monoisotopic (exact) mass is 446 g/mol. The molecule has 2 amide bonds. The Morgan fingerprint density at radius 1 is 1.18 bits per heavy atom. The molecule has 1 aliphatic heterocycles. The Hall–Kier alpha value is -2.87. The predicted molar refractivity (Wildman–Crippen MR) is 107 cm³/mol. The van der Waals surface area contributed by atoms with Gasteiger partial charge in [0.2, 0.25) is 5.91 Å². The molecule has 1 heterocycles. The first kappa shape index (κ1) is 19.9. The fraction of sp³-hybridized carbons (Fsp3) is 0.250. The van der Waals surface area contributed by atoms with Gasteiger partial charge in [-0.2, -0.15) is 0 Å². The highest BCUT2D eigenvalue weighted by atomic mass is 79.9. The fourth-order valence-corrected chi connectivity index (χ4v) is 3.19. The summed E-state index contributed by atoms with van der Waals surface area (Å²) in [5, 5.41) is 2.63. The van der Waals surface area contributed by atoms with Crippen molar-refractivity contribution in [2.45, 2.75) is 6.42 Å². The number of carbonyl (C=O) groups is 3. The van der Waals surface area contributed by atoms with Crippen LogP contribution in [0.5, 0.6) is 5.75 Å². The van der Waals surface area contributed by atoms with Crippen LogP contribution in [0, 0.1) is 5.92 Å². The molecule has 1 atom stereocenters. The van der Waals surface area contributed by atoms with Crippen molar-refractivity contribution in [2.24, 2.45) is 5.92 Å². The van der Waals surface area contributed by atoms with Crippen molar-refractivity contribution in [3.8, 4) is 5.75 Å². The number of methoxy groups -OCH3 is 1. The van der Waals surface area contributed by atoms with Crippen LogP contribution in [-0.4, -0.2) is 38.0 Å². The third-order valence-corrected chi connectivity index (χ3v) is 4.85. The van der Waals surface area contributed by atoms with Crippen LogP contribution in [0.25, 0.3) is 0 Å². The van der Waals surface area contributed by atoms with Crippen molar-refractivity contribution in [2.75, 3.05) is 30.5 Å². The van der Waals surface area contributed by atoms with E-state index in [1.807, 2.05) is 12.1 Å². The first-order chi connectivity index (χ1) is 13.5. The fourth-order valence-electron chi connectivity index (χ4n) is 2.92. The zero-order chi connectivity index (χ0) is 20.1. The molecule has 7 nitrogen and oxygen atoms in total. The van der Waals surface area contributed by atoms with Crippen molar-refractivity contribution >= 4 is 45.1 Å². The molecule has 0 aromatic heterocycles. The summed E-state index contributed by atoms with van der Waals surface area (Å²) in [6.07, 6.45) is 0.0586. The number of nitrogens with zero attached hydrogens (tertiary/aromatic N) is 1. The number of hydrogen-bond acceptors (Lipinski definition) is 5. The summed E-state index contributed by atoms with van der Waals surface area (Å²) in [5.41, 5.74) is 1.21. The number of hydrogen-bond donors (Lipinski definition) is 1. The molecule has 2 aromatic carbocycles. The van der Waals surface area contributed by atoms with Crippen molar-refractivity contribution in [3.05, 3.63) is 53.0 Å². The second-order valence-electron chi connectivity index (χ2n) is 6.24. The summed E-state index contributed by atoms with van der Waals surface area (Å²) < 4.78 is 11.2. The molecule has 0 radical (unpaired) electrons. The van der Waals surface area contributed by atoms with Gasteiger partial charge >= 0.3 is 5.97 Å². The van der Waals surface area contributed by atoms with Crippen LogP contribution in [0.3, 0.4) is 0 Å². The summed E-state index contributed by atoms with van der Waals surface area (Å²) in [4.78, 5) is 38.1. The van der Waals surface area contributed by atoms with Crippen LogP contribution in [0.2, 0.25) is 0 Å². The largest absolute Gasteiger partial charge is 0.495 e. The molecule has 1 saturated heterocycles. The molecular weight excluding hydrogens is 428 g/mol. The topological polar surface area (TPSA) is 84.9 Å². The van der Waals surface area contributed by atoms with Gasteiger partial charge in [0.25, 0.3) is 5.91 Å². The van der Waals surface area contributed by atoms with E-state index in [9.17, 15) is 14.4 Å². The molecule has 8 heteroatoms. The van der Waals surface area contributed by atoms with Gasteiger partial charge in [0.05, 0.1) is 18.7 Å². The van der Waals surface area contributed by atoms with Crippen molar-refractivity contribution in [1.82, 2.24) is 0 Å². The quantitative estimate of drug-likeness (QED) is 0.689. The lowest BCUT2D eigenvalue weighted by atomic mass is 10.1. The van der Waals surface area contributed by atoms with E-state index in [-0.39, 0.29) is 18.9 Å². The Morgan fingerprint density at radius 3 is 2.61 bits per heavy atom. The molecule has 0 unspecified atom stereocenters. The Balaban J connectivity index is 1.53. The summed E-state index contributed by atoms with van der Waals surface area (Å²) in [7, 11) is 1.50. The minimum atomic E-state index is -0.602. The Morgan fingerprint density at radius 2 is 1.89 bits per heavy atom. The number of rotatable bonds is 6. The van der Waals surface area contributed by atoms with Gasteiger partial charge in [-0.25, -0.2) is 0 Å². The maximum atomic E-state index is 12.3. The molecule has 3 rings (SSSR count). The van der Waals surface area contributed by atoms with Crippen molar-refractivity contribution in [1.29, 1.82) is 0 Å². The van der Waals surface area contributed by atoms with Gasteiger partial charge < -0.3 is 19.7 Å². The Labute approximate surface area is 170 Å². The van der Waals surface area contributed by atoms with Gasteiger partial charge in [-0.3, -0.25) is 14.4 Å². The molecule has 0 saturated carbocycles. The maximum absolute atomic E-state index is 12.3. The average molecular weight is 447 g/mol. The number of nitrogens with one attached hydrogen (secondary N) is 1. The maximum Gasteiger partial charge on any atom is 0.311 e. The van der Waals surface area contributed by atoms with Gasteiger partial charge in [-0.1, -0.05) is 28.1 Å². The highest BCUT2D eigenvalue weighted by Gasteiger charge is 2.36. The third-order valence-electron chi connectivity index (χ3n) is 4.32. The van der Waals surface area contributed by atoms with Gasteiger partial charge in [0, 0.05) is 23.1 Å². The number of benzene rings is 2. The summed E-state index contributed by atoms with van der Waals surface area (Å²) in [6, 6.07) is 14.2. The molecular formula is C20H19BrN2O5. The minimum absolute atomic E-state index is 0.0586. The molecule has 28 heavy (non-hydrogen) atoms. The number of halogens is 1. The number of esters is 1.